The molecule has 0 aliphatic heterocycles. The average Bonchev–Trinajstić information content (AvgIpc) is 2.61. The van der Waals surface area contributed by atoms with Gasteiger partial charge in [-0.15, -0.1) is 0 Å². The van der Waals surface area contributed by atoms with Crippen LogP contribution in [0, 0.1) is 6.92 Å². The first-order chi connectivity index (χ1) is 7.70. The molecule has 0 saturated carbocycles. The van der Waals surface area contributed by atoms with Gasteiger partial charge < -0.3 is 5.43 Å². The minimum Gasteiger partial charge on any atom is -0.308 e. The van der Waals surface area contributed by atoms with Crippen molar-refractivity contribution in [3.63, 3.8) is 0 Å². The van der Waals surface area contributed by atoms with Crippen molar-refractivity contribution in [3.05, 3.63) is 40.8 Å². The number of halogens is 1. The second-order valence-electron chi connectivity index (χ2n) is 3.39. The lowest BCUT2D eigenvalue weighted by atomic mass is 10.3. The molecule has 2 aromatic rings. The Morgan fingerprint density at radius 1 is 1.50 bits per heavy atom. The lowest BCUT2D eigenvalue weighted by Gasteiger charge is -2.05. The van der Waals surface area contributed by atoms with E-state index in [1.807, 2.05) is 19.1 Å². The molecule has 0 bridgehead atoms. The number of hydrazine groups is 1. The number of nitrogen functional groups attached to an aromatic ring is 1. The zero-order valence-electron chi connectivity index (χ0n) is 8.81. The summed E-state index contributed by atoms with van der Waals surface area (Å²) in [5.41, 5.74) is 4.31. The summed E-state index contributed by atoms with van der Waals surface area (Å²) < 4.78 is 1.80. The van der Waals surface area contributed by atoms with Crippen molar-refractivity contribution in [1.29, 1.82) is 0 Å². The number of pyridine rings is 1. The molecular weight excluding hydrogens is 226 g/mol. The number of nitrogens with one attached hydrogen (secondary N) is 1. The maximum absolute atomic E-state index is 5.92. The molecule has 0 spiro atoms. The van der Waals surface area contributed by atoms with Crippen molar-refractivity contribution in [1.82, 2.24) is 14.8 Å². The van der Waals surface area contributed by atoms with E-state index >= 15 is 0 Å². The van der Waals surface area contributed by atoms with Crippen molar-refractivity contribution in [2.45, 2.75) is 13.5 Å². The highest BCUT2D eigenvalue weighted by molar-refractivity contribution is 6.31. The van der Waals surface area contributed by atoms with Gasteiger partial charge in [-0.25, -0.2) is 10.8 Å². The Morgan fingerprint density at radius 2 is 2.31 bits per heavy atom. The topological polar surface area (TPSA) is 68.8 Å². The molecule has 0 unspecified atom stereocenters. The highest BCUT2D eigenvalue weighted by Gasteiger charge is 2.05. The third kappa shape index (κ3) is 2.15. The first-order valence-electron chi connectivity index (χ1n) is 4.81. The van der Waals surface area contributed by atoms with Crippen LogP contribution in [0.5, 0.6) is 0 Å². The number of hydrogen-bond donors (Lipinski definition) is 2. The smallest absolute Gasteiger partial charge is 0.140 e. The van der Waals surface area contributed by atoms with E-state index in [1.165, 1.54) is 0 Å². The molecule has 5 nitrogen and oxygen atoms in total. The van der Waals surface area contributed by atoms with Gasteiger partial charge in [-0.2, -0.15) is 5.10 Å². The van der Waals surface area contributed by atoms with Crippen LogP contribution in [0.3, 0.4) is 0 Å². The molecule has 0 amide bonds. The van der Waals surface area contributed by atoms with Gasteiger partial charge in [0.05, 0.1) is 29.2 Å². The summed E-state index contributed by atoms with van der Waals surface area (Å²) in [5.74, 6) is 5.92. The van der Waals surface area contributed by atoms with Gasteiger partial charge in [-0.05, 0) is 19.1 Å². The molecule has 0 aromatic carbocycles. The molecule has 0 fully saturated rings. The largest absolute Gasteiger partial charge is 0.308 e. The number of nitrogens with two attached hydrogens (primary N) is 1. The number of nitrogens with zero attached hydrogens (tertiary/aromatic N) is 3. The predicted octanol–water partition coefficient (Wildman–Crippen LogP) is 1.57. The van der Waals surface area contributed by atoms with Gasteiger partial charge in [0.1, 0.15) is 5.82 Å². The number of hydrogen-bond acceptors (Lipinski definition) is 4. The van der Waals surface area contributed by atoms with E-state index in [0.717, 1.165) is 11.4 Å². The van der Waals surface area contributed by atoms with Gasteiger partial charge in [0.25, 0.3) is 0 Å². The van der Waals surface area contributed by atoms with Crippen LogP contribution < -0.4 is 11.3 Å². The van der Waals surface area contributed by atoms with Crippen LogP contribution in [0.1, 0.15) is 11.4 Å². The summed E-state index contributed by atoms with van der Waals surface area (Å²) in [4.78, 5) is 4.30. The van der Waals surface area contributed by atoms with E-state index in [9.17, 15) is 0 Å². The van der Waals surface area contributed by atoms with Crippen molar-refractivity contribution < 1.29 is 0 Å². The Kier molecular flexibility index (Phi) is 3.07. The third-order valence-electron chi connectivity index (χ3n) is 2.31. The number of aromatic nitrogens is 3. The molecule has 2 aromatic heterocycles. The zero-order valence-corrected chi connectivity index (χ0v) is 9.57. The van der Waals surface area contributed by atoms with E-state index in [4.69, 9.17) is 17.4 Å². The second kappa shape index (κ2) is 4.51. The molecule has 3 N–H and O–H groups in total. The molecular formula is C10H12ClN5. The van der Waals surface area contributed by atoms with Crippen molar-refractivity contribution in [2.75, 3.05) is 5.43 Å². The van der Waals surface area contributed by atoms with Crippen molar-refractivity contribution in [2.24, 2.45) is 5.84 Å². The fourth-order valence-corrected chi connectivity index (χ4v) is 1.53. The highest BCUT2D eigenvalue weighted by atomic mass is 35.5. The molecule has 0 radical (unpaired) electrons. The Bertz CT molecular complexity index is 494. The molecule has 2 rings (SSSR count). The van der Waals surface area contributed by atoms with E-state index in [-0.39, 0.29) is 0 Å². The lowest BCUT2D eigenvalue weighted by molar-refractivity contribution is 0.653. The summed E-state index contributed by atoms with van der Waals surface area (Å²) in [5, 5.41) is 4.82. The predicted molar refractivity (Wildman–Crippen MR) is 63.1 cm³/mol. The molecule has 0 aliphatic rings. The maximum Gasteiger partial charge on any atom is 0.140 e. The third-order valence-corrected chi connectivity index (χ3v) is 2.68. The summed E-state index contributed by atoms with van der Waals surface area (Å²) in [7, 11) is 0. The Labute approximate surface area is 98.2 Å². The number of rotatable bonds is 3. The van der Waals surface area contributed by atoms with E-state index in [1.54, 1.807) is 16.9 Å². The first-order valence-corrected chi connectivity index (χ1v) is 5.19. The zero-order chi connectivity index (χ0) is 11.5. The fraction of sp³-hybridized carbons (Fsp3) is 0.200. The Balaban J connectivity index is 2.23. The van der Waals surface area contributed by atoms with Crippen LogP contribution in [-0.4, -0.2) is 14.8 Å². The lowest BCUT2D eigenvalue weighted by Crippen LogP contribution is -2.11. The van der Waals surface area contributed by atoms with E-state index < -0.39 is 0 Å². The summed E-state index contributed by atoms with van der Waals surface area (Å²) in [6, 6.07) is 5.60. The Morgan fingerprint density at radius 3 is 2.94 bits per heavy atom. The van der Waals surface area contributed by atoms with Crippen molar-refractivity contribution >= 4 is 17.4 Å². The van der Waals surface area contributed by atoms with Crippen LogP contribution >= 0.6 is 11.6 Å². The van der Waals surface area contributed by atoms with Crippen LogP contribution in [0.15, 0.2) is 24.4 Å². The monoisotopic (exact) mass is 237 g/mol. The minimum atomic E-state index is 0.577. The standard InChI is InChI=1S/C10H12ClN5/c1-7-9(11)5-13-16(7)6-8-3-2-4-10(14-8)15-12/h2-5H,6,12H2,1H3,(H,14,15). The molecule has 2 heterocycles. The van der Waals surface area contributed by atoms with E-state index in [2.05, 4.69) is 15.5 Å². The van der Waals surface area contributed by atoms with Gasteiger partial charge in [-0.3, -0.25) is 4.68 Å². The van der Waals surface area contributed by atoms with Gasteiger partial charge in [0.2, 0.25) is 0 Å². The molecule has 0 aliphatic carbocycles. The van der Waals surface area contributed by atoms with Crippen LogP contribution in [0.2, 0.25) is 5.02 Å². The van der Waals surface area contributed by atoms with Gasteiger partial charge in [-0.1, -0.05) is 17.7 Å². The van der Waals surface area contributed by atoms with Gasteiger partial charge in [0.15, 0.2) is 0 Å². The molecule has 0 atom stereocenters. The van der Waals surface area contributed by atoms with Gasteiger partial charge in [0, 0.05) is 0 Å². The normalized spacial score (nSPS) is 10.4. The molecule has 16 heavy (non-hydrogen) atoms. The quantitative estimate of drug-likeness (QED) is 0.628. The van der Waals surface area contributed by atoms with Crippen LogP contribution in [0.25, 0.3) is 0 Å². The van der Waals surface area contributed by atoms with Crippen LogP contribution in [0.4, 0.5) is 5.82 Å². The summed E-state index contributed by atoms with van der Waals surface area (Å²) >= 11 is 5.92. The minimum absolute atomic E-state index is 0.577. The summed E-state index contributed by atoms with van der Waals surface area (Å²) in [6.07, 6.45) is 1.63. The van der Waals surface area contributed by atoms with Gasteiger partial charge >= 0.3 is 0 Å². The second-order valence-corrected chi connectivity index (χ2v) is 3.80. The van der Waals surface area contributed by atoms with Crippen molar-refractivity contribution in [3.8, 4) is 0 Å². The van der Waals surface area contributed by atoms with E-state index in [0.29, 0.717) is 17.4 Å². The SMILES string of the molecule is Cc1c(Cl)cnn1Cc1cccc(NN)n1. The maximum atomic E-state index is 5.92. The first kappa shape index (κ1) is 10.9. The Hall–Kier alpha value is -1.59. The molecule has 84 valence electrons. The number of anilines is 1. The summed E-state index contributed by atoms with van der Waals surface area (Å²) in [6.45, 7) is 2.49. The molecule has 0 saturated heterocycles. The highest BCUT2D eigenvalue weighted by Crippen LogP contribution is 2.14. The molecule has 6 heteroatoms. The van der Waals surface area contributed by atoms with Crippen LogP contribution in [-0.2, 0) is 6.54 Å². The average molecular weight is 238 g/mol. The fourth-order valence-electron chi connectivity index (χ4n) is 1.38.